The molecule has 1 heterocycles. The number of ether oxygens (including phenoxy) is 2. The third kappa shape index (κ3) is 5.42. The summed E-state index contributed by atoms with van der Waals surface area (Å²) in [7, 11) is 7.21. The van der Waals surface area contributed by atoms with Crippen LogP contribution in [0.15, 0.2) is 30.0 Å². The largest absolute Gasteiger partial charge is 0.476 e. The van der Waals surface area contributed by atoms with E-state index < -0.39 is 5.60 Å². The molecule has 0 unspecified atom stereocenters. The highest BCUT2D eigenvalue weighted by atomic mass is 16.6. The van der Waals surface area contributed by atoms with Crippen LogP contribution in [0.2, 0.25) is 0 Å². The van der Waals surface area contributed by atoms with Gasteiger partial charge in [-0.25, -0.2) is 9.91 Å². The Bertz CT molecular complexity index is 739. The monoisotopic (exact) mass is 406 g/mol. The van der Waals surface area contributed by atoms with Gasteiger partial charge in [-0.3, -0.25) is 10.0 Å². The summed E-state index contributed by atoms with van der Waals surface area (Å²) in [6.07, 6.45) is 5.00. The van der Waals surface area contributed by atoms with Crippen LogP contribution >= 0.6 is 0 Å². The number of aliphatic imine (C=N–C) groups is 1. The standard InChI is InChI=1S/C20H34N6O3/c1-9-23(6)25(8)26-17(12-13-22-26)18(21-5)28-14-15-10-11-16(15)24(7)19(27)29-20(2,3)4/h9,12-13,15-16H,1,10-11,14H2,2-8H3/t15-,16+/m1/s1. The number of hydrogen-bond acceptors (Lipinski definition) is 7. The Balaban J connectivity index is 2.00. The maximum Gasteiger partial charge on any atom is 0.410 e. The summed E-state index contributed by atoms with van der Waals surface area (Å²) < 4.78 is 11.5. The van der Waals surface area contributed by atoms with E-state index in [1.165, 1.54) is 0 Å². The molecular weight excluding hydrogens is 372 g/mol. The SMILES string of the molecule is C=CN(C)N(C)n1nccc1C(=NC)OC[C@H]1CC[C@@H]1N(C)C(=O)OC(C)(C)C. The molecule has 1 aliphatic carbocycles. The van der Waals surface area contributed by atoms with Gasteiger partial charge in [-0.15, -0.1) is 0 Å². The minimum Gasteiger partial charge on any atom is -0.476 e. The second kappa shape index (κ2) is 9.19. The van der Waals surface area contributed by atoms with Gasteiger partial charge in [-0.2, -0.15) is 9.89 Å². The number of nitrogens with zero attached hydrogens (tertiary/aromatic N) is 6. The van der Waals surface area contributed by atoms with Crippen LogP contribution in [0.1, 0.15) is 39.3 Å². The molecule has 1 aromatic rings. The zero-order valence-electron chi connectivity index (χ0n) is 18.6. The van der Waals surface area contributed by atoms with Gasteiger partial charge in [0.2, 0.25) is 5.90 Å². The van der Waals surface area contributed by atoms with Crippen molar-refractivity contribution in [3.05, 3.63) is 30.7 Å². The lowest BCUT2D eigenvalue weighted by molar-refractivity contribution is -0.00617. The van der Waals surface area contributed by atoms with Crippen molar-refractivity contribution >= 4 is 12.0 Å². The van der Waals surface area contributed by atoms with Crippen LogP contribution < -0.4 is 5.12 Å². The summed E-state index contributed by atoms with van der Waals surface area (Å²) in [5, 5.41) is 7.92. The van der Waals surface area contributed by atoms with Crippen LogP contribution in [-0.2, 0) is 9.47 Å². The summed E-state index contributed by atoms with van der Waals surface area (Å²) in [5.74, 6) is 0.728. The normalized spacial score (nSPS) is 19.2. The van der Waals surface area contributed by atoms with E-state index in [0.717, 1.165) is 18.5 Å². The van der Waals surface area contributed by atoms with Crippen molar-refractivity contribution in [2.45, 2.75) is 45.3 Å². The average molecular weight is 407 g/mol. The van der Waals surface area contributed by atoms with Crippen LogP contribution in [0.3, 0.4) is 0 Å². The molecule has 2 atom stereocenters. The van der Waals surface area contributed by atoms with E-state index in [1.807, 2.05) is 40.9 Å². The number of hydrogen-bond donors (Lipinski definition) is 0. The van der Waals surface area contributed by atoms with Crippen LogP contribution in [0.5, 0.6) is 0 Å². The molecule has 1 aliphatic rings. The zero-order chi connectivity index (χ0) is 21.8. The topological polar surface area (TPSA) is 75.4 Å². The van der Waals surface area contributed by atoms with E-state index >= 15 is 0 Å². The van der Waals surface area contributed by atoms with Gasteiger partial charge in [0.1, 0.15) is 11.3 Å². The molecule has 0 radical (unpaired) electrons. The molecule has 162 valence electrons. The summed E-state index contributed by atoms with van der Waals surface area (Å²) in [6, 6.07) is 1.95. The molecule has 0 N–H and O–H groups in total. The quantitative estimate of drug-likeness (QED) is 0.393. The first-order chi connectivity index (χ1) is 13.6. The van der Waals surface area contributed by atoms with E-state index in [0.29, 0.717) is 12.5 Å². The third-order valence-corrected chi connectivity index (χ3v) is 5.03. The lowest BCUT2D eigenvalue weighted by Gasteiger charge is -2.42. The molecule has 2 rings (SSSR count). The first-order valence-electron chi connectivity index (χ1n) is 9.78. The van der Waals surface area contributed by atoms with Crippen LogP contribution in [-0.4, -0.2) is 78.2 Å². The second-order valence-corrected chi connectivity index (χ2v) is 8.19. The molecule has 1 aromatic heterocycles. The third-order valence-electron chi connectivity index (χ3n) is 5.03. The Kier molecular flexibility index (Phi) is 7.16. The van der Waals surface area contributed by atoms with E-state index in [9.17, 15) is 4.79 Å². The van der Waals surface area contributed by atoms with E-state index in [1.54, 1.807) is 46.3 Å². The lowest BCUT2D eigenvalue weighted by Crippen LogP contribution is -2.51. The van der Waals surface area contributed by atoms with Gasteiger partial charge in [-0.1, -0.05) is 6.58 Å². The maximum absolute atomic E-state index is 12.3. The van der Waals surface area contributed by atoms with Crippen molar-refractivity contribution in [1.82, 2.24) is 19.8 Å². The molecule has 1 saturated carbocycles. The van der Waals surface area contributed by atoms with Crippen molar-refractivity contribution < 1.29 is 14.3 Å². The maximum atomic E-state index is 12.3. The van der Waals surface area contributed by atoms with Crippen LogP contribution in [0.4, 0.5) is 4.79 Å². The average Bonchev–Trinajstić information content (AvgIpc) is 3.10. The Morgan fingerprint density at radius 3 is 2.59 bits per heavy atom. The van der Waals surface area contributed by atoms with E-state index in [4.69, 9.17) is 9.47 Å². The molecule has 9 nitrogen and oxygen atoms in total. The minimum atomic E-state index is -0.508. The van der Waals surface area contributed by atoms with Crippen LogP contribution in [0.25, 0.3) is 0 Å². The van der Waals surface area contributed by atoms with Crippen molar-refractivity contribution in [2.24, 2.45) is 10.9 Å². The highest BCUT2D eigenvalue weighted by Crippen LogP contribution is 2.32. The van der Waals surface area contributed by atoms with Crippen molar-refractivity contribution in [3.63, 3.8) is 0 Å². The first kappa shape index (κ1) is 22.6. The minimum absolute atomic E-state index is 0.0995. The molecule has 9 heteroatoms. The summed E-state index contributed by atoms with van der Waals surface area (Å²) in [6.45, 7) is 9.84. The molecule has 29 heavy (non-hydrogen) atoms. The molecule has 0 bridgehead atoms. The van der Waals surface area contributed by atoms with Crippen molar-refractivity contribution in [1.29, 1.82) is 0 Å². The Morgan fingerprint density at radius 1 is 1.38 bits per heavy atom. The molecule has 0 saturated heterocycles. The summed E-state index contributed by atoms with van der Waals surface area (Å²) >= 11 is 0. The van der Waals surface area contributed by atoms with Crippen molar-refractivity contribution in [3.8, 4) is 0 Å². The molecule has 0 spiro atoms. The Morgan fingerprint density at radius 2 is 2.07 bits per heavy atom. The number of carbonyl (C=O) groups is 1. The molecule has 0 aliphatic heterocycles. The number of rotatable bonds is 7. The molecule has 1 fully saturated rings. The second-order valence-electron chi connectivity index (χ2n) is 8.19. The lowest BCUT2D eigenvalue weighted by atomic mass is 9.79. The molecular formula is C20H34N6O3. The smallest absolute Gasteiger partial charge is 0.410 e. The van der Waals surface area contributed by atoms with Gasteiger partial charge >= 0.3 is 6.09 Å². The van der Waals surface area contributed by atoms with Gasteiger partial charge in [0.05, 0.1) is 12.8 Å². The summed E-state index contributed by atoms with van der Waals surface area (Å²) in [5.41, 5.74) is 0.228. The molecule has 1 amide bonds. The zero-order valence-corrected chi connectivity index (χ0v) is 18.6. The molecule has 0 aromatic carbocycles. The highest BCUT2D eigenvalue weighted by Gasteiger charge is 2.38. The fraction of sp³-hybridized carbons (Fsp3) is 0.650. The number of amides is 1. The fourth-order valence-corrected chi connectivity index (χ4v) is 3.10. The van der Waals surface area contributed by atoms with E-state index in [2.05, 4.69) is 16.7 Å². The van der Waals surface area contributed by atoms with Gasteiger partial charge in [-0.05, 0) is 39.7 Å². The Hall–Kier alpha value is -2.71. The highest BCUT2D eigenvalue weighted by molar-refractivity contribution is 5.92. The van der Waals surface area contributed by atoms with E-state index in [-0.39, 0.29) is 18.1 Å². The van der Waals surface area contributed by atoms with Gasteiger partial charge in [0.15, 0.2) is 0 Å². The van der Waals surface area contributed by atoms with Gasteiger partial charge < -0.3 is 14.4 Å². The van der Waals surface area contributed by atoms with Gasteiger partial charge in [0, 0.05) is 46.4 Å². The summed E-state index contributed by atoms with van der Waals surface area (Å²) in [4.78, 5) is 20.0. The van der Waals surface area contributed by atoms with Crippen LogP contribution in [0, 0.1) is 5.92 Å². The predicted octanol–water partition coefficient (Wildman–Crippen LogP) is 2.48. The predicted molar refractivity (Wildman–Crippen MR) is 113 cm³/mol. The number of aromatic nitrogens is 2. The number of hydrazine groups is 1. The van der Waals surface area contributed by atoms with Crippen molar-refractivity contribution in [2.75, 3.05) is 39.9 Å². The Labute approximate surface area is 173 Å². The first-order valence-corrected chi connectivity index (χ1v) is 9.78. The fourth-order valence-electron chi connectivity index (χ4n) is 3.10. The number of carbonyl (C=O) groups excluding carboxylic acids is 1. The van der Waals surface area contributed by atoms with Gasteiger partial charge in [0.25, 0.3) is 0 Å².